The first kappa shape index (κ1) is 22.8. The average molecular weight is 468 g/mol. The van der Waals surface area contributed by atoms with E-state index in [2.05, 4.69) is 10.2 Å². The standard InChI is InChI=1S/C25H26FN3O3S/c26-23-11-5-6-12-24(23)29(33(31,32)22-9-3-1-4-10-22)19-25(30)27-20-13-15-21(16-14-20)28-17-7-2-8-18-28/h1,3-6,9-16H,2,7-8,17-19H2,(H,27,30). The molecule has 172 valence electrons. The number of piperidine rings is 1. The first-order chi connectivity index (χ1) is 15.9. The van der Waals surface area contributed by atoms with Gasteiger partial charge in [-0.3, -0.25) is 9.10 Å². The molecule has 1 saturated heterocycles. The molecular formula is C25H26FN3O3S. The third-order valence-electron chi connectivity index (χ3n) is 5.61. The summed E-state index contributed by atoms with van der Waals surface area (Å²) in [6.45, 7) is 1.47. The maximum absolute atomic E-state index is 14.5. The Kier molecular flexibility index (Phi) is 6.93. The van der Waals surface area contributed by atoms with Gasteiger partial charge in [-0.1, -0.05) is 30.3 Å². The van der Waals surface area contributed by atoms with Crippen molar-refractivity contribution in [3.8, 4) is 0 Å². The van der Waals surface area contributed by atoms with Crippen LogP contribution in [0.25, 0.3) is 0 Å². The molecule has 1 aliphatic rings. The van der Waals surface area contributed by atoms with Gasteiger partial charge in [-0.15, -0.1) is 0 Å². The number of anilines is 3. The van der Waals surface area contributed by atoms with Crippen LogP contribution in [-0.2, 0) is 14.8 Å². The molecule has 3 aromatic carbocycles. The van der Waals surface area contributed by atoms with Gasteiger partial charge >= 0.3 is 0 Å². The number of sulfonamides is 1. The summed E-state index contributed by atoms with van der Waals surface area (Å²) in [7, 11) is -4.16. The van der Waals surface area contributed by atoms with Crippen molar-refractivity contribution < 1.29 is 17.6 Å². The molecule has 0 saturated carbocycles. The molecule has 1 fully saturated rings. The first-order valence-corrected chi connectivity index (χ1v) is 12.4. The quantitative estimate of drug-likeness (QED) is 0.549. The van der Waals surface area contributed by atoms with E-state index in [-0.39, 0.29) is 10.6 Å². The lowest BCUT2D eigenvalue weighted by Crippen LogP contribution is -2.38. The van der Waals surface area contributed by atoms with Gasteiger partial charge in [0.15, 0.2) is 0 Å². The molecule has 1 heterocycles. The summed E-state index contributed by atoms with van der Waals surface area (Å²) in [5.41, 5.74) is 1.45. The van der Waals surface area contributed by atoms with Crippen LogP contribution >= 0.6 is 0 Å². The van der Waals surface area contributed by atoms with Crippen LogP contribution in [0.3, 0.4) is 0 Å². The Morgan fingerprint density at radius 2 is 1.52 bits per heavy atom. The normalized spacial score (nSPS) is 14.0. The zero-order valence-electron chi connectivity index (χ0n) is 18.2. The van der Waals surface area contributed by atoms with Gasteiger partial charge in [-0.2, -0.15) is 0 Å². The fraction of sp³-hybridized carbons (Fsp3) is 0.240. The van der Waals surface area contributed by atoms with Crippen molar-refractivity contribution in [3.63, 3.8) is 0 Å². The van der Waals surface area contributed by atoms with Crippen molar-refractivity contribution in [2.75, 3.05) is 34.2 Å². The van der Waals surface area contributed by atoms with Crippen LogP contribution in [-0.4, -0.2) is 34.0 Å². The fourth-order valence-electron chi connectivity index (χ4n) is 3.91. The zero-order chi connectivity index (χ0) is 23.3. The second-order valence-corrected chi connectivity index (χ2v) is 9.78. The average Bonchev–Trinajstić information content (AvgIpc) is 2.84. The van der Waals surface area contributed by atoms with Gasteiger partial charge in [0.2, 0.25) is 5.91 Å². The molecular weight excluding hydrogens is 441 g/mol. The summed E-state index contributed by atoms with van der Waals surface area (Å²) < 4.78 is 41.9. The molecule has 0 atom stereocenters. The molecule has 6 nitrogen and oxygen atoms in total. The maximum atomic E-state index is 14.5. The summed E-state index contributed by atoms with van der Waals surface area (Å²) in [6, 6.07) is 20.7. The minimum atomic E-state index is -4.16. The molecule has 1 N–H and O–H groups in total. The lowest BCUT2D eigenvalue weighted by atomic mass is 10.1. The van der Waals surface area contributed by atoms with Gasteiger partial charge in [0.05, 0.1) is 10.6 Å². The van der Waals surface area contributed by atoms with Crippen LogP contribution in [0, 0.1) is 5.82 Å². The summed E-state index contributed by atoms with van der Waals surface area (Å²) >= 11 is 0. The van der Waals surface area contributed by atoms with Gasteiger partial charge in [0, 0.05) is 24.5 Å². The molecule has 8 heteroatoms. The Hall–Kier alpha value is -3.39. The van der Waals surface area contributed by atoms with E-state index in [1.165, 1.54) is 55.7 Å². The third-order valence-corrected chi connectivity index (χ3v) is 7.39. The largest absolute Gasteiger partial charge is 0.372 e. The summed E-state index contributed by atoms with van der Waals surface area (Å²) in [5.74, 6) is -1.29. The number of nitrogens with one attached hydrogen (secondary N) is 1. The highest BCUT2D eigenvalue weighted by Gasteiger charge is 2.29. The predicted octanol–water partition coefficient (Wildman–Crippen LogP) is 4.65. The minimum absolute atomic E-state index is 0.0214. The first-order valence-electron chi connectivity index (χ1n) is 10.9. The number of amides is 1. The van der Waals surface area contributed by atoms with E-state index >= 15 is 0 Å². The lowest BCUT2D eigenvalue weighted by molar-refractivity contribution is -0.114. The summed E-state index contributed by atoms with van der Waals surface area (Å²) in [5, 5.41) is 2.73. The number of hydrogen-bond acceptors (Lipinski definition) is 4. The molecule has 0 radical (unpaired) electrons. The number of para-hydroxylation sites is 1. The number of carbonyl (C=O) groups is 1. The van der Waals surface area contributed by atoms with Crippen molar-refractivity contribution in [2.45, 2.75) is 24.2 Å². The smallest absolute Gasteiger partial charge is 0.264 e. The molecule has 33 heavy (non-hydrogen) atoms. The van der Waals surface area contributed by atoms with Crippen LogP contribution in [0.15, 0.2) is 83.8 Å². The van der Waals surface area contributed by atoms with Gasteiger partial charge in [-0.05, 0) is 67.8 Å². The van der Waals surface area contributed by atoms with E-state index in [0.29, 0.717) is 5.69 Å². The summed E-state index contributed by atoms with van der Waals surface area (Å²) in [4.78, 5) is 15.1. The highest BCUT2D eigenvalue weighted by Crippen LogP contribution is 2.26. The highest BCUT2D eigenvalue weighted by molar-refractivity contribution is 7.92. The maximum Gasteiger partial charge on any atom is 0.264 e. The Morgan fingerprint density at radius 3 is 2.18 bits per heavy atom. The number of halogens is 1. The second kappa shape index (κ2) is 10.0. The molecule has 0 unspecified atom stereocenters. The molecule has 0 spiro atoms. The fourth-order valence-corrected chi connectivity index (χ4v) is 5.36. The van der Waals surface area contributed by atoms with Crippen LogP contribution in [0.1, 0.15) is 19.3 Å². The molecule has 4 rings (SSSR count). The Labute approximate surface area is 193 Å². The molecule has 1 amide bonds. The predicted molar refractivity (Wildman–Crippen MR) is 129 cm³/mol. The molecule has 1 aliphatic heterocycles. The molecule has 0 aliphatic carbocycles. The zero-order valence-corrected chi connectivity index (χ0v) is 19.0. The Morgan fingerprint density at radius 1 is 0.879 bits per heavy atom. The van der Waals surface area contributed by atoms with Crippen molar-refractivity contribution in [1.29, 1.82) is 0 Å². The number of benzene rings is 3. The van der Waals surface area contributed by atoms with Crippen LogP contribution < -0.4 is 14.5 Å². The summed E-state index contributed by atoms with van der Waals surface area (Å²) in [6.07, 6.45) is 3.58. The lowest BCUT2D eigenvalue weighted by Gasteiger charge is -2.29. The van der Waals surface area contributed by atoms with Crippen LogP contribution in [0.2, 0.25) is 0 Å². The van der Waals surface area contributed by atoms with Crippen molar-refractivity contribution in [2.24, 2.45) is 0 Å². The van der Waals surface area contributed by atoms with E-state index in [4.69, 9.17) is 0 Å². The van der Waals surface area contributed by atoms with Gasteiger partial charge in [0.1, 0.15) is 12.4 Å². The van der Waals surface area contributed by atoms with Crippen LogP contribution in [0.5, 0.6) is 0 Å². The Bertz CT molecular complexity index is 1200. The number of nitrogens with zero attached hydrogens (tertiary/aromatic N) is 2. The van der Waals surface area contributed by atoms with Crippen LogP contribution in [0.4, 0.5) is 21.5 Å². The topological polar surface area (TPSA) is 69.7 Å². The van der Waals surface area contributed by atoms with Gasteiger partial charge in [-0.25, -0.2) is 12.8 Å². The van der Waals surface area contributed by atoms with E-state index in [1.54, 1.807) is 30.3 Å². The van der Waals surface area contributed by atoms with Crippen molar-refractivity contribution >= 4 is 33.0 Å². The number of hydrogen-bond donors (Lipinski definition) is 1. The molecule has 3 aromatic rings. The monoisotopic (exact) mass is 467 g/mol. The van der Waals surface area contributed by atoms with Gasteiger partial charge < -0.3 is 10.2 Å². The second-order valence-electron chi connectivity index (χ2n) is 7.92. The highest BCUT2D eigenvalue weighted by atomic mass is 32.2. The molecule has 0 aromatic heterocycles. The Balaban J connectivity index is 1.54. The van der Waals surface area contributed by atoms with E-state index in [1.807, 2.05) is 12.1 Å². The minimum Gasteiger partial charge on any atom is -0.372 e. The molecule has 0 bridgehead atoms. The van der Waals surface area contributed by atoms with Crippen molar-refractivity contribution in [1.82, 2.24) is 0 Å². The third kappa shape index (κ3) is 5.34. The van der Waals surface area contributed by atoms with E-state index < -0.39 is 28.3 Å². The number of rotatable bonds is 7. The SMILES string of the molecule is O=C(CN(c1ccccc1F)S(=O)(=O)c1ccccc1)Nc1ccc(N2CCCCC2)cc1. The van der Waals surface area contributed by atoms with E-state index in [9.17, 15) is 17.6 Å². The van der Waals surface area contributed by atoms with E-state index in [0.717, 1.165) is 23.1 Å². The van der Waals surface area contributed by atoms with Crippen molar-refractivity contribution in [3.05, 3.63) is 84.7 Å². The van der Waals surface area contributed by atoms with Gasteiger partial charge in [0.25, 0.3) is 10.0 Å². The number of carbonyl (C=O) groups excluding carboxylic acids is 1.